The molecule has 6 rings (SSSR count). The zero-order valence-electron chi connectivity index (χ0n) is 28.7. The van der Waals surface area contributed by atoms with Crippen molar-refractivity contribution in [2.75, 3.05) is 13.2 Å². The third kappa shape index (κ3) is 5.92. The average molecular weight is 675 g/mol. The zero-order valence-corrected chi connectivity index (χ0v) is 28.7. The monoisotopic (exact) mass is 674 g/mol. The normalized spacial score (nSPS) is 29.9. The van der Waals surface area contributed by atoms with Crippen LogP contribution >= 0.6 is 0 Å². The Hall–Kier alpha value is -5.08. The van der Waals surface area contributed by atoms with Crippen LogP contribution in [-0.2, 0) is 30.2 Å². The summed E-state index contributed by atoms with van der Waals surface area (Å²) in [4.78, 5) is 40.9. The molecule has 1 spiro atoms. The van der Waals surface area contributed by atoms with Gasteiger partial charge in [-0.1, -0.05) is 25.0 Å². The molecular weight excluding hydrogens is 632 g/mol. The van der Waals surface area contributed by atoms with E-state index in [2.05, 4.69) is 31.4 Å². The molecule has 0 saturated heterocycles. The second-order valence-electron chi connectivity index (χ2n) is 13.6. The topological polar surface area (TPSA) is 92.4 Å². The van der Waals surface area contributed by atoms with Gasteiger partial charge in [-0.05, 0) is 82.2 Å². The number of rotatable bonds is 8. The highest BCUT2D eigenvalue weighted by Gasteiger charge is 2.70. The number of allylic oxidation sites excluding steroid dienone is 1. The van der Waals surface area contributed by atoms with E-state index in [0.717, 1.165) is 31.3 Å². The van der Waals surface area contributed by atoms with E-state index in [4.69, 9.17) is 51.3 Å². The Bertz CT molecular complexity index is 1760. The number of carbonyl (C=O) groups excluding carboxylic acids is 2. The van der Waals surface area contributed by atoms with Gasteiger partial charge >= 0.3 is 23.3 Å². The van der Waals surface area contributed by atoms with E-state index in [9.17, 15) is 9.59 Å². The summed E-state index contributed by atoms with van der Waals surface area (Å²) in [6.45, 7) is 35.3. The number of fused-ring (bicyclic) bond motifs is 2. The minimum atomic E-state index is -1.41. The lowest BCUT2D eigenvalue weighted by Crippen LogP contribution is -2.51. The van der Waals surface area contributed by atoms with Crippen molar-refractivity contribution in [3.63, 3.8) is 0 Å². The fraction of sp³-hybridized carbons (Fsp3) is 0.550. The van der Waals surface area contributed by atoms with Gasteiger partial charge < -0.3 is 18.6 Å². The quantitative estimate of drug-likeness (QED) is 0.121. The van der Waals surface area contributed by atoms with Gasteiger partial charge in [0.05, 0.1) is 31.0 Å². The maximum atomic E-state index is 13.1. The molecule has 1 aromatic rings. The van der Waals surface area contributed by atoms with Crippen LogP contribution in [0.25, 0.3) is 19.4 Å². The molecule has 2 fully saturated rings. The van der Waals surface area contributed by atoms with Crippen LogP contribution in [0.15, 0.2) is 58.3 Å². The summed E-state index contributed by atoms with van der Waals surface area (Å²) in [6, 6.07) is 3.48. The van der Waals surface area contributed by atoms with Crippen molar-refractivity contribution in [2.24, 2.45) is 16.7 Å². The predicted octanol–water partition coefficient (Wildman–Crippen LogP) is 7.73. The summed E-state index contributed by atoms with van der Waals surface area (Å²) in [6.07, 6.45) is 21.1. The first-order valence-electron chi connectivity index (χ1n) is 17.3. The Balaban J connectivity index is 0.000000194. The molecular formula is C40H42N4O6. The SMILES string of the molecule is [C-]#[N+]C(Cc1ccco1)([N+]#[C-])C1CCCCC1(CC#C)C(=O)OCC.[C-]#[N+]C1([N+]#[C-])C[C@]23C=CC(C=C2C[C@@]2(C(=O)OCC)CCCC=C12)O3. The van der Waals surface area contributed by atoms with Gasteiger partial charge in [-0.3, -0.25) is 9.59 Å². The first-order chi connectivity index (χ1) is 24.1. The van der Waals surface area contributed by atoms with Crippen molar-refractivity contribution in [3.05, 3.63) is 105 Å². The molecule has 2 bridgehead atoms. The van der Waals surface area contributed by atoms with Crippen LogP contribution in [0.1, 0.15) is 83.8 Å². The first kappa shape index (κ1) is 36.2. The van der Waals surface area contributed by atoms with Gasteiger partial charge in [-0.2, -0.15) is 0 Å². The van der Waals surface area contributed by atoms with Gasteiger partial charge in [0.15, 0.2) is 6.42 Å². The fourth-order valence-electron chi connectivity index (χ4n) is 8.83. The lowest BCUT2D eigenvalue weighted by Gasteiger charge is -2.40. The number of hydrogen-bond acceptors (Lipinski definition) is 6. The second kappa shape index (κ2) is 14.4. The average Bonchev–Trinajstić information content (AvgIpc) is 3.86. The molecule has 0 radical (unpaired) electrons. The number of esters is 2. The molecule has 10 nitrogen and oxygen atoms in total. The van der Waals surface area contributed by atoms with E-state index in [1.54, 1.807) is 26.0 Å². The standard InChI is InChI=1S/C20H20N2O3.C20H22N2O3/c1-4-24-17(23)18-9-6-5-7-16(18)20(21-2,22-3)13-19-10-8-15(25-19)11-14(19)12-18;1-5-12-19(18(23)24-6-2)13-8-7-11-17(19)20(21-3,22-4)15-16-10-9-14-25-16/h7-8,10-11,15H,4-6,9,12-13H2,1H3;1,9-10,14,17H,6-8,11-13,15H2,2H3/t15?,18-,19+;/m0./s1. The van der Waals surface area contributed by atoms with Crippen LogP contribution in [0.2, 0.25) is 0 Å². The minimum Gasteiger partial charge on any atom is -0.469 e. The summed E-state index contributed by atoms with van der Waals surface area (Å²) in [5.41, 5.74) is -3.79. The van der Waals surface area contributed by atoms with Crippen molar-refractivity contribution < 1.29 is 28.2 Å². The van der Waals surface area contributed by atoms with E-state index >= 15 is 0 Å². The molecule has 3 heterocycles. The Labute approximate surface area is 294 Å². The molecule has 1 aromatic heterocycles. The van der Waals surface area contributed by atoms with Crippen LogP contribution in [0.3, 0.4) is 0 Å². The Morgan fingerprint density at radius 2 is 1.80 bits per heavy atom. The van der Waals surface area contributed by atoms with Crippen LogP contribution in [0.4, 0.5) is 0 Å². The molecule has 0 amide bonds. The maximum Gasteiger partial charge on any atom is 0.510 e. The van der Waals surface area contributed by atoms with Crippen molar-refractivity contribution in [3.8, 4) is 12.3 Å². The molecule has 3 aliphatic carbocycles. The Morgan fingerprint density at radius 3 is 2.42 bits per heavy atom. The molecule has 258 valence electrons. The molecule has 50 heavy (non-hydrogen) atoms. The largest absolute Gasteiger partial charge is 0.510 e. The highest BCUT2D eigenvalue weighted by atomic mass is 16.5. The van der Waals surface area contributed by atoms with Crippen LogP contribution < -0.4 is 0 Å². The summed E-state index contributed by atoms with van der Waals surface area (Å²) in [5, 5.41) is 0. The molecule has 10 heteroatoms. The van der Waals surface area contributed by atoms with Gasteiger partial charge in [0.25, 0.3) is 0 Å². The molecule has 0 aromatic carbocycles. The number of carbonyl (C=O) groups is 2. The van der Waals surface area contributed by atoms with E-state index in [0.29, 0.717) is 43.6 Å². The molecule has 2 saturated carbocycles. The van der Waals surface area contributed by atoms with Gasteiger partial charge in [-0.25, -0.2) is 45.7 Å². The summed E-state index contributed by atoms with van der Waals surface area (Å²) in [5.74, 6) is 2.00. The molecule has 3 unspecified atom stereocenters. The number of nitrogens with zero attached hydrogens (tertiary/aromatic N) is 4. The third-order valence-electron chi connectivity index (χ3n) is 11.0. The molecule has 5 atom stereocenters. The molecule has 2 aliphatic heterocycles. The summed E-state index contributed by atoms with van der Waals surface area (Å²) in [7, 11) is 0. The zero-order chi connectivity index (χ0) is 36.0. The van der Waals surface area contributed by atoms with Crippen molar-refractivity contribution in [2.45, 2.75) is 108 Å². The van der Waals surface area contributed by atoms with Crippen molar-refractivity contribution >= 4 is 11.9 Å². The smallest absolute Gasteiger partial charge is 0.469 e. The van der Waals surface area contributed by atoms with Gasteiger partial charge in [0.1, 0.15) is 34.7 Å². The van der Waals surface area contributed by atoms with Crippen molar-refractivity contribution in [1.82, 2.24) is 0 Å². The van der Waals surface area contributed by atoms with E-state index < -0.39 is 33.7 Å². The van der Waals surface area contributed by atoms with Gasteiger partial charge in [0.2, 0.25) is 0 Å². The number of hydrogen-bond donors (Lipinski definition) is 0. The van der Waals surface area contributed by atoms with Gasteiger partial charge in [0, 0.05) is 6.42 Å². The maximum absolute atomic E-state index is 13.1. The number of furan rings is 1. The molecule has 0 N–H and O–H groups in total. The van der Waals surface area contributed by atoms with Crippen LogP contribution in [0.5, 0.6) is 0 Å². The van der Waals surface area contributed by atoms with Crippen LogP contribution in [-0.4, -0.2) is 48.2 Å². The summed E-state index contributed by atoms with van der Waals surface area (Å²) >= 11 is 0. The fourth-order valence-corrected chi connectivity index (χ4v) is 8.83. The second-order valence-corrected chi connectivity index (χ2v) is 13.6. The molecule has 5 aliphatic rings. The highest BCUT2D eigenvalue weighted by Crippen LogP contribution is 2.60. The van der Waals surface area contributed by atoms with Crippen LogP contribution in [0, 0.1) is 55.4 Å². The minimum absolute atomic E-state index is 0.113. The highest BCUT2D eigenvalue weighted by molar-refractivity contribution is 5.83. The van der Waals surface area contributed by atoms with E-state index in [-0.39, 0.29) is 43.9 Å². The number of terminal acetylenes is 1. The Morgan fingerprint density at radius 1 is 1.06 bits per heavy atom. The lowest BCUT2D eigenvalue weighted by molar-refractivity contribution is -0.163. The summed E-state index contributed by atoms with van der Waals surface area (Å²) < 4.78 is 22.3. The Kier molecular flexibility index (Phi) is 10.4. The number of ether oxygens (including phenoxy) is 3. The van der Waals surface area contributed by atoms with E-state index in [1.807, 2.05) is 18.2 Å². The third-order valence-corrected chi connectivity index (χ3v) is 11.0. The lowest BCUT2D eigenvalue weighted by atomic mass is 9.59. The van der Waals surface area contributed by atoms with Crippen molar-refractivity contribution in [1.29, 1.82) is 0 Å². The van der Waals surface area contributed by atoms with Gasteiger partial charge in [-0.15, -0.1) is 12.3 Å². The first-order valence-corrected chi connectivity index (χ1v) is 17.3. The predicted molar refractivity (Wildman–Crippen MR) is 184 cm³/mol. The van der Waals surface area contributed by atoms with E-state index in [1.165, 1.54) is 6.26 Å².